The van der Waals surface area contributed by atoms with Gasteiger partial charge in [-0.1, -0.05) is 19.1 Å². The van der Waals surface area contributed by atoms with Gasteiger partial charge >= 0.3 is 0 Å². The van der Waals surface area contributed by atoms with Crippen molar-refractivity contribution in [1.82, 2.24) is 4.90 Å². The Labute approximate surface area is 120 Å². The minimum absolute atomic E-state index is 0.163. The van der Waals surface area contributed by atoms with Crippen molar-refractivity contribution in [3.05, 3.63) is 35.1 Å². The van der Waals surface area contributed by atoms with E-state index < -0.39 is 6.10 Å². The highest BCUT2D eigenvalue weighted by atomic mass is 19.1. The van der Waals surface area contributed by atoms with Crippen LogP contribution >= 0.6 is 0 Å². The van der Waals surface area contributed by atoms with Gasteiger partial charge in [-0.25, -0.2) is 4.39 Å². The van der Waals surface area contributed by atoms with Crippen LogP contribution in [-0.4, -0.2) is 40.9 Å². The van der Waals surface area contributed by atoms with Gasteiger partial charge in [0.2, 0.25) is 0 Å². The topological polar surface area (TPSA) is 43.7 Å². The number of hydrogen-bond donors (Lipinski definition) is 2. The number of nitrogens with zero attached hydrogens (tertiary/aromatic N) is 1. The van der Waals surface area contributed by atoms with Crippen LogP contribution in [0, 0.1) is 18.7 Å². The fourth-order valence-corrected chi connectivity index (χ4v) is 2.93. The van der Waals surface area contributed by atoms with E-state index >= 15 is 0 Å². The predicted molar refractivity (Wildman–Crippen MR) is 76.9 cm³/mol. The molecule has 1 fully saturated rings. The second-order valence-electron chi connectivity index (χ2n) is 5.86. The highest BCUT2D eigenvalue weighted by Crippen LogP contribution is 2.26. The lowest BCUT2D eigenvalue weighted by atomic mass is 10.0. The van der Waals surface area contributed by atoms with Crippen LogP contribution in [0.3, 0.4) is 0 Å². The van der Waals surface area contributed by atoms with Gasteiger partial charge in [-0.05, 0) is 49.4 Å². The van der Waals surface area contributed by atoms with E-state index in [9.17, 15) is 14.6 Å². The Kier molecular flexibility index (Phi) is 5.13. The summed E-state index contributed by atoms with van der Waals surface area (Å²) in [7, 11) is 0. The van der Waals surface area contributed by atoms with Crippen LogP contribution in [0.15, 0.2) is 18.2 Å². The summed E-state index contributed by atoms with van der Waals surface area (Å²) in [5, 5.41) is 19.6. The first kappa shape index (κ1) is 15.4. The van der Waals surface area contributed by atoms with Crippen LogP contribution in [0.5, 0.6) is 0 Å². The third kappa shape index (κ3) is 3.37. The Morgan fingerprint density at radius 3 is 2.85 bits per heavy atom. The SMILES string of the molecule is Cc1ccc(C(O)CCN2CCC(C)C2CO)cc1F. The second-order valence-corrected chi connectivity index (χ2v) is 5.86. The standard InChI is InChI=1S/C16H24FNO2/c1-11-3-4-13(9-14(11)17)16(20)6-8-18-7-5-12(2)15(18)10-19/h3-4,9,12,15-16,19-20H,5-8,10H2,1-2H3. The summed E-state index contributed by atoms with van der Waals surface area (Å²) in [5.41, 5.74) is 1.22. The van der Waals surface area contributed by atoms with Crippen LogP contribution < -0.4 is 0 Å². The Morgan fingerprint density at radius 2 is 2.20 bits per heavy atom. The summed E-state index contributed by atoms with van der Waals surface area (Å²) < 4.78 is 13.5. The molecule has 1 heterocycles. The molecule has 3 atom stereocenters. The third-order valence-electron chi connectivity index (χ3n) is 4.45. The molecule has 0 saturated carbocycles. The lowest BCUT2D eigenvalue weighted by Crippen LogP contribution is -2.36. The van der Waals surface area contributed by atoms with E-state index in [1.165, 1.54) is 6.07 Å². The van der Waals surface area contributed by atoms with Gasteiger partial charge in [-0.3, -0.25) is 4.90 Å². The highest BCUT2D eigenvalue weighted by Gasteiger charge is 2.30. The summed E-state index contributed by atoms with van der Waals surface area (Å²) in [6.07, 6.45) is 0.993. The van der Waals surface area contributed by atoms with Gasteiger partial charge in [0.25, 0.3) is 0 Å². The molecule has 2 rings (SSSR count). The Bertz CT molecular complexity index is 452. The van der Waals surface area contributed by atoms with Crippen LogP contribution in [-0.2, 0) is 0 Å². The molecule has 3 nitrogen and oxygen atoms in total. The predicted octanol–water partition coefficient (Wildman–Crippen LogP) is 2.26. The Balaban J connectivity index is 1.91. The molecule has 0 aromatic heterocycles. The Hall–Kier alpha value is -0.970. The lowest BCUT2D eigenvalue weighted by molar-refractivity contribution is 0.107. The third-order valence-corrected chi connectivity index (χ3v) is 4.45. The average molecular weight is 281 g/mol. The molecule has 112 valence electrons. The fourth-order valence-electron chi connectivity index (χ4n) is 2.93. The zero-order valence-corrected chi connectivity index (χ0v) is 12.2. The van der Waals surface area contributed by atoms with E-state index in [1.54, 1.807) is 19.1 Å². The first-order valence-electron chi connectivity index (χ1n) is 7.32. The van der Waals surface area contributed by atoms with E-state index in [-0.39, 0.29) is 18.5 Å². The van der Waals surface area contributed by atoms with Crippen molar-refractivity contribution in [2.24, 2.45) is 5.92 Å². The van der Waals surface area contributed by atoms with E-state index in [0.717, 1.165) is 19.5 Å². The molecule has 3 unspecified atom stereocenters. The smallest absolute Gasteiger partial charge is 0.126 e. The van der Waals surface area contributed by atoms with Crippen molar-refractivity contribution in [3.8, 4) is 0 Å². The first-order chi connectivity index (χ1) is 9.52. The van der Waals surface area contributed by atoms with Crippen molar-refractivity contribution < 1.29 is 14.6 Å². The van der Waals surface area contributed by atoms with Gasteiger partial charge in [-0.2, -0.15) is 0 Å². The van der Waals surface area contributed by atoms with Gasteiger partial charge in [0.1, 0.15) is 5.82 Å². The number of benzene rings is 1. The first-order valence-corrected chi connectivity index (χ1v) is 7.32. The maximum absolute atomic E-state index is 13.5. The summed E-state index contributed by atoms with van der Waals surface area (Å²) >= 11 is 0. The van der Waals surface area contributed by atoms with Gasteiger partial charge in [0, 0.05) is 12.6 Å². The number of aliphatic hydroxyl groups excluding tert-OH is 2. The molecule has 2 N–H and O–H groups in total. The zero-order valence-electron chi connectivity index (χ0n) is 12.2. The minimum atomic E-state index is -0.652. The molecule has 0 radical (unpaired) electrons. The van der Waals surface area contributed by atoms with Gasteiger partial charge in [-0.15, -0.1) is 0 Å². The van der Waals surface area contributed by atoms with Gasteiger partial charge in [0.05, 0.1) is 12.7 Å². The van der Waals surface area contributed by atoms with Crippen LogP contribution in [0.25, 0.3) is 0 Å². The van der Waals surface area contributed by atoms with Gasteiger partial charge in [0.15, 0.2) is 0 Å². The summed E-state index contributed by atoms with van der Waals surface area (Å²) in [6.45, 7) is 5.71. The molecule has 4 heteroatoms. The molecule has 1 aliphatic rings. The van der Waals surface area contributed by atoms with Crippen molar-refractivity contribution in [3.63, 3.8) is 0 Å². The molecule has 0 amide bonds. The molecular weight excluding hydrogens is 257 g/mol. The van der Waals surface area contributed by atoms with Crippen LogP contribution in [0.1, 0.15) is 37.0 Å². The number of aliphatic hydroxyl groups is 2. The van der Waals surface area contributed by atoms with Crippen molar-refractivity contribution in [1.29, 1.82) is 0 Å². The molecule has 1 saturated heterocycles. The number of likely N-dealkylation sites (tertiary alicyclic amines) is 1. The summed E-state index contributed by atoms with van der Waals surface area (Å²) in [5.74, 6) is 0.221. The number of halogens is 1. The largest absolute Gasteiger partial charge is 0.395 e. The maximum atomic E-state index is 13.5. The van der Waals surface area contributed by atoms with E-state index in [4.69, 9.17) is 0 Å². The average Bonchev–Trinajstić information content (AvgIpc) is 2.79. The molecule has 20 heavy (non-hydrogen) atoms. The summed E-state index contributed by atoms with van der Waals surface area (Å²) in [6, 6.07) is 5.08. The minimum Gasteiger partial charge on any atom is -0.395 e. The van der Waals surface area contributed by atoms with Crippen LogP contribution in [0.2, 0.25) is 0 Å². The fraction of sp³-hybridized carbons (Fsp3) is 0.625. The van der Waals surface area contributed by atoms with Crippen molar-refractivity contribution in [2.45, 2.75) is 38.8 Å². The molecule has 0 bridgehead atoms. The molecular formula is C16H24FNO2. The number of aryl methyl sites for hydroxylation is 1. The normalized spacial score (nSPS) is 25.1. The monoisotopic (exact) mass is 281 g/mol. The quantitative estimate of drug-likeness (QED) is 0.870. The molecule has 1 aromatic carbocycles. The summed E-state index contributed by atoms with van der Waals surface area (Å²) in [4.78, 5) is 2.22. The van der Waals surface area contributed by atoms with Gasteiger partial charge < -0.3 is 10.2 Å². The van der Waals surface area contributed by atoms with Crippen LogP contribution in [0.4, 0.5) is 4.39 Å². The number of hydrogen-bond acceptors (Lipinski definition) is 3. The van der Waals surface area contributed by atoms with E-state index in [1.807, 2.05) is 0 Å². The van der Waals surface area contributed by atoms with Crippen molar-refractivity contribution >= 4 is 0 Å². The Morgan fingerprint density at radius 1 is 1.45 bits per heavy atom. The lowest BCUT2D eigenvalue weighted by Gasteiger charge is -2.26. The van der Waals surface area contributed by atoms with E-state index in [0.29, 0.717) is 23.5 Å². The molecule has 0 spiro atoms. The second kappa shape index (κ2) is 6.66. The van der Waals surface area contributed by atoms with E-state index in [2.05, 4.69) is 11.8 Å². The highest BCUT2D eigenvalue weighted by molar-refractivity contribution is 5.24. The molecule has 1 aliphatic heterocycles. The zero-order chi connectivity index (χ0) is 14.7. The molecule has 0 aliphatic carbocycles. The molecule has 1 aromatic rings. The van der Waals surface area contributed by atoms with Crippen molar-refractivity contribution in [2.75, 3.05) is 19.7 Å². The number of rotatable bonds is 5. The maximum Gasteiger partial charge on any atom is 0.126 e.